The van der Waals surface area contributed by atoms with Crippen LogP contribution in [0.3, 0.4) is 0 Å². The second-order valence-corrected chi connectivity index (χ2v) is 7.87. The van der Waals surface area contributed by atoms with E-state index in [-0.39, 0.29) is 24.0 Å². The van der Waals surface area contributed by atoms with E-state index in [0.29, 0.717) is 27.8 Å². The molecule has 9 nitrogen and oxygen atoms in total. The van der Waals surface area contributed by atoms with E-state index in [1.165, 1.54) is 7.11 Å². The van der Waals surface area contributed by atoms with Gasteiger partial charge < -0.3 is 31.5 Å². The Morgan fingerprint density at radius 2 is 2.22 bits per heavy atom. The van der Waals surface area contributed by atoms with Crippen LogP contribution in [-0.4, -0.2) is 54.6 Å². The number of nitrogens with zero attached hydrogens (tertiary/aromatic N) is 2. The number of halogens is 2. The molecule has 11 heteroatoms. The van der Waals surface area contributed by atoms with Crippen molar-refractivity contribution in [2.24, 2.45) is 21.6 Å². The highest BCUT2D eigenvalue weighted by atomic mass is 79.9. The number of amides is 1. The molecule has 2 atom stereocenters. The van der Waals surface area contributed by atoms with Crippen LogP contribution in [0.5, 0.6) is 0 Å². The van der Waals surface area contributed by atoms with E-state index in [9.17, 15) is 9.90 Å². The predicted molar refractivity (Wildman–Crippen MR) is 109 cm³/mol. The zero-order valence-electron chi connectivity index (χ0n) is 14.9. The first kappa shape index (κ1) is 21.7. The van der Waals surface area contributed by atoms with Crippen LogP contribution in [0.15, 0.2) is 30.9 Å². The summed E-state index contributed by atoms with van der Waals surface area (Å²) >= 11 is 6.71. The number of carbonyl (C=O) groups is 1. The van der Waals surface area contributed by atoms with Gasteiger partial charge in [0.2, 0.25) is 0 Å². The molecule has 2 aliphatic rings. The second-order valence-electron chi connectivity index (χ2n) is 6.16. The van der Waals surface area contributed by atoms with Gasteiger partial charge in [0.15, 0.2) is 11.6 Å². The first-order chi connectivity index (χ1) is 12.8. The van der Waals surface area contributed by atoms with Crippen molar-refractivity contribution >= 4 is 49.4 Å². The minimum atomic E-state index is -1.15. The predicted octanol–water partition coefficient (Wildman–Crippen LogP) is 0.968. The lowest BCUT2D eigenvalue weighted by atomic mass is 9.87. The van der Waals surface area contributed by atoms with Crippen molar-refractivity contribution in [3.63, 3.8) is 0 Å². The Morgan fingerprint density at radius 1 is 1.48 bits per heavy atom. The third kappa shape index (κ3) is 5.23. The maximum absolute atomic E-state index is 12.3. The smallest absolute Gasteiger partial charge is 0.269 e. The quantitative estimate of drug-likeness (QED) is 0.218. The van der Waals surface area contributed by atoms with Crippen molar-refractivity contribution in [3.05, 3.63) is 20.8 Å². The molecule has 1 amide bonds. The number of nitrogens with one attached hydrogen (secondary N) is 1. The van der Waals surface area contributed by atoms with Crippen LogP contribution in [0.1, 0.15) is 25.7 Å². The standard InChI is InChI=1S/C16H23Br2N5O4/c1-26-12-9(17)7-16(13(24)11(12)18)8-10(23-27-16)14(25)21-5-3-2-4-6-22-15(19)20/h7,13,24H,2-6,8H2,1H3,(H,21,25)(H4,19,20,22)/t13-,16?/m0/s1. The van der Waals surface area contributed by atoms with Crippen LogP contribution < -0.4 is 16.8 Å². The Morgan fingerprint density at radius 3 is 2.89 bits per heavy atom. The zero-order chi connectivity index (χ0) is 20.0. The molecule has 1 heterocycles. The van der Waals surface area contributed by atoms with Gasteiger partial charge in [0, 0.05) is 19.5 Å². The van der Waals surface area contributed by atoms with E-state index in [4.69, 9.17) is 21.0 Å². The van der Waals surface area contributed by atoms with Crippen LogP contribution in [-0.2, 0) is 14.4 Å². The lowest BCUT2D eigenvalue weighted by molar-refractivity contribution is -0.114. The molecule has 0 bridgehead atoms. The molecule has 0 aromatic heterocycles. The van der Waals surface area contributed by atoms with Crippen LogP contribution in [0.25, 0.3) is 0 Å². The van der Waals surface area contributed by atoms with E-state index in [2.05, 4.69) is 47.3 Å². The van der Waals surface area contributed by atoms with Gasteiger partial charge in [-0.1, -0.05) is 5.16 Å². The molecule has 0 saturated heterocycles. The number of methoxy groups -OCH3 is 1. The Labute approximate surface area is 174 Å². The van der Waals surface area contributed by atoms with Gasteiger partial charge in [-0.15, -0.1) is 0 Å². The molecule has 1 aliphatic heterocycles. The van der Waals surface area contributed by atoms with E-state index < -0.39 is 11.7 Å². The zero-order valence-corrected chi connectivity index (χ0v) is 18.0. The van der Waals surface area contributed by atoms with Gasteiger partial charge in [-0.25, -0.2) is 0 Å². The Balaban J connectivity index is 1.82. The number of rotatable bonds is 8. The van der Waals surface area contributed by atoms with Crippen LogP contribution >= 0.6 is 31.9 Å². The normalized spacial score (nSPS) is 24.2. The minimum absolute atomic E-state index is 0.0844. The molecule has 1 unspecified atom stereocenters. The summed E-state index contributed by atoms with van der Waals surface area (Å²) in [6.07, 6.45) is 3.29. The molecule has 0 fully saturated rings. The highest BCUT2D eigenvalue weighted by Gasteiger charge is 2.50. The van der Waals surface area contributed by atoms with E-state index in [1.54, 1.807) is 6.08 Å². The van der Waals surface area contributed by atoms with E-state index in [0.717, 1.165) is 19.3 Å². The molecule has 150 valence electrons. The molecular formula is C16H23Br2N5O4. The molecule has 1 aliphatic carbocycles. The van der Waals surface area contributed by atoms with Gasteiger partial charge >= 0.3 is 0 Å². The monoisotopic (exact) mass is 507 g/mol. The fourth-order valence-corrected chi connectivity index (χ4v) is 4.54. The number of hydrogen-bond donors (Lipinski definition) is 4. The first-order valence-electron chi connectivity index (χ1n) is 8.40. The molecule has 2 rings (SSSR count). The maximum Gasteiger partial charge on any atom is 0.269 e. The molecule has 0 aromatic carbocycles. The average molecular weight is 509 g/mol. The van der Waals surface area contributed by atoms with Crippen LogP contribution in [0.2, 0.25) is 0 Å². The summed E-state index contributed by atoms with van der Waals surface area (Å²) in [5.74, 6) is 0.238. The van der Waals surface area contributed by atoms with Crippen LogP contribution in [0, 0.1) is 0 Å². The topological polar surface area (TPSA) is 145 Å². The van der Waals surface area contributed by atoms with E-state index >= 15 is 0 Å². The third-order valence-corrected chi connectivity index (χ3v) is 5.54. The highest BCUT2D eigenvalue weighted by Crippen LogP contribution is 2.43. The molecule has 1 spiro atoms. The maximum atomic E-state index is 12.3. The number of aliphatic hydroxyl groups is 1. The fraction of sp³-hybridized carbons (Fsp3) is 0.562. The van der Waals surface area contributed by atoms with Gasteiger partial charge in [-0.2, -0.15) is 0 Å². The van der Waals surface area contributed by atoms with Crippen LogP contribution in [0.4, 0.5) is 0 Å². The summed E-state index contributed by atoms with van der Waals surface area (Å²) in [4.78, 5) is 21.7. The van der Waals surface area contributed by atoms with Crippen molar-refractivity contribution in [1.29, 1.82) is 0 Å². The van der Waals surface area contributed by atoms with Crippen molar-refractivity contribution in [3.8, 4) is 0 Å². The Kier molecular flexibility index (Phi) is 7.68. The van der Waals surface area contributed by atoms with Gasteiger partial charge in [0.1, 0.15) is 17.6 Å². The number of oxime groups is 1. The molecule has 0 aromatic rings. The van der Waals surface area contributed by atoms with Gasteiger partial charge in [0.25, 0.3) is 5.91 Å². The lowest BCUT2D eigenvalue weighted by Gasteiger charge is -2.33. The number of carbonyl (C=O) groups excluding carboxylic acids is 1. The number of allylic oxidation sites excluding steroid dienone is 1. The van der Waals surface area contributed by atoms with Crippen molar-refractivity contribution in [1.82, 2.24) is 5.32 Å². The molecule has 6 N–H and O–H groups in total. The summed E-state index contributed by atoms with van der Waals surface area (Å²) in [7, 11) is 1.50. The molecule has 0 radical (unpaired) electrons. The van der Waals surface area contributed by atoms with Crippen molar-refractivity contribution in [2.45, 2.75) is 37.4 Å². The summed E-state index contributed by atoms with van der Waals surface area (Å²) in [6, 6.07) is 0. The average Bonchev–Trinajstić information content (AvgIpc) is 3.04. The number of guanidine groups is 1. The lowest BCUT2D eigenvalue weighted by Crippen LogP contribution is -2.45. The summed E-state index contributed by atoms with van der Waals surface area (Å²) in [6.45, 7) is 1.08. The highest BCUT2D eigenvalue weighted by molar-refractivity contribution is 9.12. The number of nitrogens with two attached hydrogens (primary N) is 2. The largest absolute Gasteiger partial charge is 0.495 e. The summed E-state index contributed by atoms with van der Waals surface area (Å²) < 4.78 is 6.27. The second kappa shape index (κ2) is 9.56. The van der Waals surface area contributed by atoms with Crippen molar-refractivity contribution < 1.29 is 19.5 Å². The van der Waals surface area contributed by atoms with Gasteiger partial charge in [-0.05, 0) is 57.2 Å². The minimum Gasteiger partial charge on any atom is -0.495 e. The molecule has 0 saturated carbocycles. The SMILES string of the molecule is COC1=C(Br)[C@H](O)C2(C=C1Br)CC(C(=O)NCCCCCN=C(N)N)=NO2. The fourth-order valence-electron chi connectivity index (χ4n) is 2.74. The third-order valence-electron chi connectivity index (χ3n) is 4.16. The van der Waals surface area contributed by atoms with Crippen molar-refractivity contribution in [2.75, 3.05) is 20.2 Å². The number of hydrogen-bond acceptors (Lipinski definition) is 6. The number of aliphatic hydroxyl groups excluding tert-OH is 1. The first-order valence-corrected chi connectivity index (χ1v) is 9.98. The van der Waals surface area contributed by atoms with Gasteiger partial charge in [-0.3, -0.25) is 9.79 Å². The van der Waals surface area contributed by atoms with Gasteiger partial charge in [0.05, 0.1) is 16.1 Å². The number of aliphatic imine (C=N–C) groups is 1. The number of ether oxygens (including phenoxy) is 1. The molecular weight excluding hydrogens is 486 g/mol. The summed E-state index contributed by atoms with van der Waals surface area (Å²) in [5.41, 5.74) is 9.59. The summed E-state index contributed by atoms with van der Waals surface area (Å²) in [5, 5.41) is 17.3. The number of unbranched alkanes of at least 4 members (excludes halogenated alkanes) is 2. The molecule has 27 heavy (non-hydrogen) atoms. The Hall–Kier alpha value is -1.59. The van der Waals surface area contributed by atoms with E-state index in [1.807, 2.05) is 0 Å². The Bertz CT molecular complexity index is 703.